The van der Waals surface area contributed by atoms with E-state index in [9.17, 15) is 0 Å². The molecule has 0 atom stereocenters. The van der Waals surface area contributed by atoms with Gasteiger partial charge in [-0.2, -0.15) is 0 Å². The van der Waals surface area contributed by atoms with Crippen LogP contribution in [0.3, 0.4) is 0 Å². The molecule has 17 heavy (non-hydrogen) atoms. The first-order valence-electron chi connectivity index (χ1n) is 5.21. The summed E-state index contributed by atoms with van der Waals surface area (Å²) < 4.78 is 8.32. The third kappa shape index (κ3) is 1.76. The molecule has 0 amide bonds. The fourth-order valence-corrected chi connectivity index (χ4v) is 2.20. The molecule has 3 heterocycles. The summed E-state index contributed by atoms with van der Waals surface area (Å²) in [4.78, 5) is 8.71. The molecule has 0 aliphatic carbocycles. The average molecular weight is 292 g/mol. The molecule has 0 saturated heterocycles. The number of halogens is 1. The maximum atomic E-state index is 5.51. The topological polar surface area (TPSA) is 43.3 Å². The van der Waals surface area contributed by atoms with Crippen molar-refractivity contribution in [1.29, 1.82) is 0 Å². The van der Waals surface area contributed by atoms with Crippen LogP contribution in [0.15, 0.2) is 33.5 Å². The Hall–Kier alpha value is -1.62. The van der Waals surface area contributed by atoms with Gasteiger partial charge in [-0.3, -0.25) is 4.40 Å². The molecule has 0 spiro atoms. The molecule has 0 aliphatic heterocycles. The molecule has 0 saturated carbocycles. The average Bonchev–Trinajstić information content (AvgIpc) is 2.80. The van der Waals surface area contributed by atoms with Gasteiger partial charge >= 0.3 is 0 Å². The second-order valence-electron chi connectivity index (χ2n) is 3.93. The van der Waals surface area contributed by atoms with Crippen LogP contribution in [0, 0.1) is 13.8 Å². The van der Waals surface area contributed by atoms with Crippen LogP contribution in [-0.4, -0.2) is 14.4 Å². The highest BCUT2D eigenvalue weighted by molar-refractivity contribution is 9.10. The fourth-order valence-electron chi connectivity index (χ4n) is 1.87. The largest absolute Gasteiger partial charge is 0.466 e. The summed E-state index contributed by atoms with van der Waals surface area (Å²) in [5, 5.41) is 0. The van der Waals surface area contributed by atoms with Gasteiger partial charge in [0.25, 0.3) is 0 Å². The van der Waals surface area contributed by atoms with Gasteiger partial charge < -0.3 is 4.42 Å². The van der Waals surface area contributed by atoms with E-state index in [4.69, 9.17) is 4.42 Å². The molecule has 0 unspecified atom stereocenters. The van der Waals surface area contributed by atoms with Crippen molar-refractivity contribution in [2.24, 2.45) is 0 Å². The zero-order chi connectivity index (χ0) is 12.0. The highest BCUT2D eigenvalue weighted by Crippen LogP contribution is 2.26. The molecule has 86 valence electrons. The van der Waals surface area contributed by atoms with Crippen molar-refractivity contribution < 1.29 is 4.42 Å². The number of hydrogen-bond acceptors (Lipinski definition) is 3. The Morgan fingerprint density at radius 1 is 1.29 bits per heavy atom. The molecule has 3 aromatic rings. The molecule has 3 aromatic heterocycles. The van der Waals surface area contributed by atoms with Crippen LogP contribution in [0.1, 0.15) is 11.5 Å². The molecular weight excluding hydrogens is 282 g/mol. The first-order chi connectivity index (χ1) is 8.13. The summed E-state index contributed by atoms with van der Waals surface area (Å²) in [6.45, 7) is 3.87. The molecule has 0 aliphatic rings. The van der Waals surface area contributed by atoms with Crippen LogP contribution in [0.25, 0.3) is 17.0 Å². The van der Waals surface area contributed by atoms with Crippen molar-refractivity contribution in [1.82, 2.24) is 14.4 Å². The molecule has 0 fully saturated rings. The first kappa shape index (κ1) is 10.5. The molecule has 3 rings (SSSR count). The Bertz CT molecular complexity index is 699. The predicted molar refractivity (Wildman–Crippen MR) is 67.9 cm³/mol. The Labute approximate surface area is 106 Å². The molecule has 4 nitrogen and oxygen atoms in total. The Balaban J connectivity index is 2.21. The number of fused-ring (bicyclic) bond motifs is 1. The predicted octanol–water partition coefficient (Wildman–Crippen LogP) is 3.37. The van der Waals surface area contributed by atoms with Gasteiger partial charge in [0.15, 0.2) is 0 Å². The smallest absolute Gasteiger partial charge is 0.234 e. The lowest BCUT2D eigenvalue weighted by molar-refractivity contribution is 0.505. The van der Waals surface area contributed by atoms with Gasteiger partial charge in [0, 0.05) is 24.2 Å². The van der Waals surface area contributed by atoms with E-state index in [2.05, 4.69) is 25.9 Å². The minimum Gasteiger partial charge on any atom is -0.466 e. The monoisotopic (exact) mass is 291 g/mol. The third-order valence-corrected chi connectivity index (χ3v) is 3.00. The van der Waals surface area contributed by atoms with Gasteiger partial charge in [-0.05, 0) is 35.8 Å². The number of aryl methyl sites for hydroxylation is 2. The quantitative estimate of drug-likeness (QED) is 0.690. The molecule has 0 radical (unpaired) electrons. The van der Waals surface area contributed by atoms with Crippen molar-refractivity contribution in [2.75, 3.05) is 0 Å². The van der Waals surface area contributed by atoms with Gasteiger partial charge in [0.2, 0.25) is 5.78 Å². The second kappa shape index (κ2) is 3.70. The Morgan fingerprint density at radius 2 is 2.12 bits per heavy atom. The van der Waals surface area contributed by atoms with Crippen molar-refractivity contribution in [3.05, 3.63) is 40.7 Å². The lowest BCUT2D eigenvalue weighted by atomic mass is 10.2. The van der Waals surface area contributed by atoms with Gasteiger partial charge in [-0.25, -0.2) is 9.97 Å². The van der Waals surface area contributed by atoms with E-state index in [-0.39, 0.29) is 0 Å². The van der Waals surface area contributed by atoms with Gasteiger partial charge in [-0.1, -0.05) is 0 Å². The molecule has 0 aromatic carbocycles. The van der Waals surface area contributed by atoms with E-state index < -0.39 is 0 Å². The summed E-state index contributed by atoms with van der Waals surface area (Å²) in [6.07, 6.45) is 5.62. The summed E-state index contributed by atoms with van der Waals surface area (Å²) in [7, 11) is 0. The highest BCUT2D eigenvalue weighted by Gasteiger charge is 2.11. The fraction of sp³-hybridized carbons (Fsp3) is 0.167. The van der Waals surface area contributed by atoms with E-state index >= 15 is 0 Å². The number of aromatic nitrogens is 3. The van der Waals surface area contributed by atoms with Crippen molar-refractivity contribution in [3.63, 3.8) is 0 Å². The maximum Gasteiger partial charge on any atom is 0.234 e. The van der Waals surface area contributed by atoms with E-state index in [1.807, 2.05) is 36.7 Å². The van der Waals surface area contributed by atoms with Crippen LogP contribution >= 0.6 is 15.9 Å². The van der Waals surface area contributed by atoms with Crippen LogP contribution in [0.2, 0.25) is 0 Å². The summed E-state index contributed by atoms with van der Waals surface area (Å²) in [6, 6.07) is 1.99. The zero-order valence-corrected chi connectivity index (χ0v) is 11.0. The number of rotatable bonds is 1. The van der Waals surface area contributed by atoms with E-state index in [1.165, 1.54) is 0 Å². The minimum absolute atomic E-state index is 0.682. The zero-order valence-electron chi connectivity index (χ0n) is 9.44. The molecular formula is C12H10BrN3O. The Morgan fingerprint density at radius 3 is 2.82 bits per heavy atom. The summed E-state index contributed by atoms with van der Waals surface area (Å²) >= 11 is 3.39. The minimum atomic E-state index is 0.682. The van der Waals surface area contributed by atoms with Crippen LogP contribution in [0.4, 0.5) is 0 Å². The van der Waals surface area contributed by atoms with E-state index in [0.717, 1.165) is 27.3 Å². The van der Waals surface area contributed by atoms with Crippen LogP contribution in [0.5, 0.6) is 0 Å². The number of furan rings is 1. The van der Waals surface area contributed by atoms with Crippen molar-refractivity contribution in [2.45, 2.75) is 13.8 Å². The molecule has 5 heteroatoms. The maximum absolute atomic E-state index is 5.51. The lowest BCUT2D eigenvalue weighted by Gasteiger charge is -1.90. The summed E-state index contributed by atoms with van der Waals surface area (Å²) in [5.74, 6) is 2.45. The Kier molecular flexibility index (Phi) is 2.29. The molecule has 0 bridgehead atoms. The molecule has 0 N–H and O–H groups in total. The van der Waals surface area contributed by atoms with Crippen molar-refractivity contribution in [3.8, 4) is 11.3 Å². The number of hydrogen-bond donors (Lipinski definition) is 0. The second-order valence-corrected chi connectivity index (χ2v) is 4.85. The van der Waals surface area contributed by atoms with Crippen LogP contribution < -0.4 is 0 Å². The van der Waals surface area contributed by atoms with Crippen LogP contribution in [-0.2, 0) is 0 Å². The lowest BCUT2D eigenvalue weighted by Crippen LogP contribution is -1.85. The van der Waals surface area contributed by atoms with E-state index in [0.29, 0.717) is 5.78 Å². The standard InChI is InChI=1S/C12H10BrN3O/c1-7-3-10(8(2)17-7)11-6-16-5-9(13)4-14-12(16)15-11/h3-6H,1-2H3. The highest BCUT2D eigenvalue weighted by atomic mass is 79.9. The number of nitrogens with zero attached hydrogens (tertiary/aromatic N) is 3. The van der Waals surface area contributed by atoms with Gasteiger partial charge in [0.05, 0.1) is 10.2 Å². The number of imidazole rings is 1. The SMILES string of the molecule is Cc1cc(-c2cn3cc(Br)cnc3n2)c(C)o1. The van der Waals surface area contributed by atoms with E-state index in [1.54, 1.807) is 6.20 Å². The normalized spacial score (nSPS) is 11.2. The van der Waals surface area contributed by atoms with Gasteiger partial charge in [0.1, 0.15) is 11.5 Å². The summed E-state index contributed by atoms with van der Waals surface area (Å²) in [5.41, 5.74) is 1.90. The van der Waals surface area contributed by atoms with Crippen molar-refractivity contribution >= 4 is 21.7 Å². The third-order valence-electron chi connectivity index (χ3n) is 2.60. The first-order valence-corrected chi connectivity index (χ1v) is 6.00. The van der Waals surface area contributed by atoms with Gasteiger partial charge in [-0.15, -0.1) is 0 Å².